The van der Waals surface area contributed by atoms with Crippen molar-refractivity contribution < 1.29 is 47.1 Å². The number of ether oxygens (including phenoxy) is 4. The minimum atomic E-state index is -0.885. The van der Waals surface area contributed by atoms with E-state index in [-0.39, 0.29) is 43.2 Å². The van der Waals surface area contributed by atoms with Gasteiger partial charge in [-0.05, 0) is 41.6 Å². The van der Waals surface area contributed by atoms with Gasteiger partial charge in [-0.15, -0.1) is 0 Å². The van der Waals surface area contributed by atoms with E-state index in [1.807, 2.05) is 13.0 Å². The number of fused-ring (bicyclic) bond motifs is 4. The molecule has 2 amide bonds. The van der Waals surface area contributed by atoms with Gasteiger partial charge < -0.3 is 38.5 Å². The molecule has 4 saturated heterocycles. The summed E-state index contributed by atoms with van der Waals surface area (Å²) >= 11 is 2.24. The Hall–Kier alpha value is -3.43. The molecule has 2 N–H and O–H groups in total. The second-order valence-electron chi connectivity index (χ2n) is 12.8. The van der Waals surface area contributed by atoms with Gasteiger partial charge in [0.15, 0.2) is 6.54 Å². The van der Waals surface area contributed by atoms with Crippen molar-refractivity contribution in [3.05, 3.63) is 63.9 Å². The van der Waals surface area contributed by atoms with E-state index >= 15 is 0 Å². The van der Waals surface area contributed by atoms with E-state index in [0.29, 0.717) is 17.9 Å². The van der Waals surface area contributed by atoms with Crippen molar-refractivity contribution in [2.75, 3.05) is 65.6 Å². The first-order valence-electron chi connectivity index (χ1n) is 15.6. The number of esters is 1. The lowest BCUT2D eigenvalue weighted by atomic mass is 9.77. The number of nitrogens with zero attached hydrogens (tertiary/aromatic N) is 3. The Morgan fingerprint density at radius 1 is 1.07 bits per heavy atom. The number of primary amides is 1. The number of halogens is 1. The van der Waals surface area contributed by atoms with Crippen molar-refractivity contribution in [2.45, 2.75) is 32.5 Å². The van der Waals surface area contributed by atoms with Crippen molar-refractivity contribution in [1.82, 2.24) is 4.90 Å². The fraction of sp³-hybridized carbons (Fsp3) is 0.515. The van der Waals surface area contributed by atoms with Gasteiger partial charge in [-0.25, -0.2) is 9.59 Å². The van der Waals surface area contributed by atoms with Crippen LogP contribution in [0.1, 0.15) is 19.4 Å². The van der Waals surface area contributed by atoms with Crippen molar-refractivity contribution in [3.8, 4) is 5.75 Å². The molecular formula is C33H43IN4O8+2. The number of carbonyl (C=O) groups excluding carboxylic acids is 4. The Morgan fingerprint density at radius 3 is 2.33 bits per heavy atom. The Kier molecular flexibility index (Phi) is 10.1. The summed E-state index contributed by atoms with van der Waals surface area (Å²) in [6.07, 6.45) is 1.24. The lowest BCUT2D eigenvalue weighted by Crippen LogP contribution is -2.75. The molecule has 6 rings (SSSR count). The van der Waals surface area contributed by atoms with Gasteiger partial charge in [0, 0.05) is 17.1 Å². The van der Waals surface area contributed by atoms with E-state index in [2.05, 4.69) is 47.9 Å². The molecule has 1 aromatic rings. The molecule has 4 atom stereocenters. The molecule has 0 aliphatic carbocycles. The third-order valence-corrected chi connectivity index (χ3v) is 10.9. The zero-order chi connectivity index (χ0) is 33.2. The largest absolute Gasteiger partial charge is 0.508 e. The van der Waals surface area contributed by atoms with Gasteiger partial charge in [-0.1, -0.05) is 38.3 Å². The Bertz CT molecular complexity index is 1440. The maximum Gasteiger partial charge on any atom is 0.508 e. The zero-order valence-electron chi connectivity index (χ0n) is 26.5. The first-order valence-corrected chi connectivity index (χ1v) is 16.7. The molecule has 248 valence electrons. The minimum Gasteiger partial charge on any atom is -0.488 e. The van der Waals surface area contributed by atoms with Crippen molar-refractivity contribution in [2.24, 2.45) is 17.6 Å². The fourth-order valence-corrected chi connectivity index (χ4v) is 7.94. The molecule has 2 bridgehead atoms. The Morgan fingerprint density at radius 2 is 1.70 bits per heavy atom. The molecular weight excluding hydrogens is 707 g/mol. The topological polar surface area (TPSA) is 134 Å². The Balaban J connectivity index is 1.31. The van der Waals surface area contributed by atoms with E-state index < -0.39 is 30.2 Å². The van der Waals surface area contributed by atoms with Crippen LogP contribution in [0.4, 0.5) is 4.79 Å². The summed E-state index contributed by atoms with van der Waals surface area (Å²) in [7, 11) is 0. The van der Waals surface area contributed by atoms with Crippen LogP contribution in [0.25, 0.3) is 0 Å². The second-order valence-corrected chi connectivity index (χ2v) is 14.0. The molecule has 4 fully saturated rings. The summed E-state index contributed by atoms with van der Waals surface area (Å²) in [5.41, 5.74) is 7.52. The quantitative estimate of drug-likeness (QED) is 0.101. The number of rotatable bonds is 14. The van der Waals surface area contributed by atoms with Crippen LogP contribution in [0.2, 0.25) is 0 Å². The monoisotopic (exact) mass is 750 g/mol. The van der Waals surface area contributed by atoms with Gasteiger partial charge >= 0.3 is 12.1 Å². The van der Waals surface area contributed by atoms with Crippen molar-refractivity contribution in [3.63, 3.8) is 0 Å². The summed E-state index contributed by atoms with van der Waals surface area (Å²) in [6, 6.07) is 5.82. The van der Waals surface area contributed by atoms with Crippen LogP contribution >= 0.6 is 22.6 Å². The average Bonchev–Trinajstić information content (AvgIpc) is 3.27. The maximum atomic E-state index is 13.4. The fourth-order valence-electron chi connectivity index (χ4n) is 7.45. The van der Waals surface area contributed by atoms with Crippen LogP contribution in [-0.4, -0.2) is 116 Å². The van der Waals surface area contributed by atoms with Crippen LogP contribution in [-0.2, 0) is 35.1 Å². The molecule has 5 aliphatic rings. The number of hydrogen-bond acceptors (Lipinski definition) is 8. The third kappa shape index (κ3) is 6.67. The van der Waals surface area contributed by atoms with E-state index in [9.17, 15) is 19.2 Å². The number of carbonyl (C=O) groups is 4. The standard InChI is InChI=1S/C33H42IN4O8/c1-5-15-43-32(41)30-24(21(3)29-28(31(40)36(29)30)22(4)46-33(42)44-16-6-2)20-45-26-17-23(7-8-25(26)34)18-37-9-12-38(13-10-37,14-11-37)19-27(35)39/h5-8,17,21-22,28-29H,1-2,9-16,18-20H2,3-4H3,(H-,35,39)/q+1/p+1/t21?,22?,28-,29-,37?,38?/m1/s1. The SMILES string of the molecule is C=CCOC(=O)OC(C)[C@H]1C(=O)N2C(C(=O)OCC=C)=C(COc3cc(C[N+]45CC[N+](CC(N)=O)(CC4)CC5)ccc3I)C(C)[C@H]12. The molecule has 0 radical (unpaired) electrons. The maximum absolute atomic E-state index is 13.4. The van der Waals surface area contributed by atoms with Crippen LogP contribution in [0, 0.1) is 15.4 Å². The summed E-state index contributed by atoms with van der Waals surface area (Å²) in [5, 5.41) is 0. The number of benzene rings is 1. The highest BCUT2D eigenvalue weighted by atomic mass is 127. The van der Waals surface area contributed by atoms with Crippen molar-refractivity contribution >= 4 is 46.5 Å². The van der Waals surface area contributed by atoms with Crippen molar-refractivity contribution in [1.29, 1.82) is 0 Å². The van der Waals surface area contributed by atoms with Gasteiger partial charge in [-0.3, -0.25) is 9.59 Å². The number of quaternary nitrogens is 2. The third-order valence-electron chi connectivity index (χ3n) is 9.96. The van der Waals surface area contributed by atoms with E-state index in [4.69, 9.17) is 24.7 Å². The molecule has 12 nitrogen and oxygen atoms in total. The van der Waals surface area contributed by atoms with Crippen LogP contribution in [0.5, 0.6) is 5.75 Å². The van der Waals surface area contributed by atoms with Crippen LogP contribution in [0.15, 0.2) is 54.8 Å². The average molecular weight is 751 g/mol. The highest BCUT2D eigenvalue weighted by Crippen LogP contribution is 2.48. The van der Waals surface area contributed by atoms with Gasteiger partial charge in [0.05, 0.1) is 15.5 Å². The molecule has 13 heteroatoms. The number of nitrogens with two attached hydrogens (primary N) is 1. The minimum absolute atomic E-state index is 0.00188. The van der Waals surface area contributed by atoms with Crippen LogP contribution < -0.4 is 10.5 Å². The molecule has 0 saturated carbocycles. The lowest BCUT2D eigenvalue weighted by Gasteiger charge is -2.55. The van der Waals surface area contributed by atoms with Gasteiger partial charge in [0.1, 0.15) is 83.2 Å². The van der Waals surface area contributed by atoms with Gasteiger partial charge in [0.25, 0.3) is 5.91 Å². The molecule has 0 aromatic heterocycles. The normalized spacial score (nSPS) is 28.5. The van der Waals surface area contributed by atoms with E-state index in [0.717, 1.165) is 63.9 Å². The van der Waals surface area contributed by atoms with Crippen LogP contribution in [0.3, 0.4) is 0 Å². The highest BCUT2D eigenvalue weighted by molar-refractivity contribution is 14.1. The summed E-state index contributed by atoms with van der Waals surface area (Å²) in [6.45, 7) is 17.9. The highest BCUT2D eigenvalue weighted by Gasteiger charge is 2.61. The van der Waals surface area contributed by atoms with E-state index in [1.54, 1.807) is 6.92 Å². The molecule has 0 spiro atoms. The molecule has 2 unspecified atom stereocenters. The summed E-state index contributed by atoms with van der Waals surface area (Å²) < 4.78 is 24.8. The predicted octanol–water partition coefficient (Wildman–Crippen LogP) is 2.50. The lowest BCUT2D eigenvalue weighted by molar-refractivity contribution is -1.08. The number of amides is 2. The molecule has 5 heterocycles. The first kappa shape index (κ1) is 33.9. The van der Waals surface area contributed by atoms with E-state index in [1.165, 1.54) is 17.1 Å². The molecule has 46 heavy (non-hydrogen) atoms. The molecule has 5 aliphatic heterocycles. The predicted molar refractivity (Wildman–Crippen MR) is 176 cm³/mol. The number of hydrogen-bond donors (Lipinski definition) is 1. The summed E-state index contributed by atoms with van der Waals surface area (Å²) in [4.78, 5) is 51.8. The van der Waals surface area contributed by atoms with Gasteiger partial charge in [-0.2, -0.15) is 0 Å². The first-order chi connectivity index (χ1) is 21.9. The number of β-lactam (4-membered cyclic amide) rings is 1. The second kappa shape index (κ2) is 13.7. The molecule has 1 aromatic carbocycles. The zero-order valence-corrected chi connectivity index (χ0v) is 28.6. The van der Waals surface area contributed by atoms with Gasteiger partial charge in [0.2, 0.25) is 5.91 Å². The summed E-state index contributed by atoms with van der Waals surface area (Å²) in [5.74, 6) is -1.41. The Labute approximate surface area is 283 Å². The number of piperazine rings is 3. The smallest absolute Gasteiger partial charge is 0.488 e.